The summed E-state index contributed by atoms with van der Waals surface area (Å²) in [6.45, 7) is 3.82. The standard InChI is InChI=1S/C11H11BrFNO2/c1-2-5-16-7-11(14-15)9-6-8(12)3-4-10(9)13/h2-4,6,11H,1,5,7H2. The van der Waals surface area contributed by atoms with E-state index in [1.165, 1.54) is 12.1 Å². The van der Waals surface area contributed by atoms with Gasteiger partial charge in [-0.1, -0.05) is 27.2 Å². The van der Waals surface area contributed by atoms with Crippen LogP contribution in [0.3, 0.4) is 0 Å². The minimum absolute atomic E-state index is 0.0445. The molecule has 1 aromatic rings. The first-order valence-electron chi connectivity index (χ1n) is 4.65. The zero-order valence-corrected chi connectivity index (χ0v) is 10.1. The summed E-state index contributed by atoms with van der Waals surface area (Å²) in [6.07, 6.45) is 1.55. The van der Waals surface area contributed by atoms with Crippen molar-refractivity contribution < 1.29 is 9.13 Å². The van der Waals surface area contributed by atoms with E-state index in [1.807, 2.05) is 0 Å². The van der Waals surface area contributed by atoms with E-state index < -0.39 is 11.9 Å². The van der Waals surface area contributed by atoms with Crippen molar-refractivity contribution >= 4 is 15.9 Å². The largest absolute Gasteiger partial charge is 0.375 e. The molecule has 0 N–H and O–H groups in total. The van der Waals surface area contributed by atoms with Crippen LogP contribution in [0.25, 0.3) is 0 Å². The van der Waals surface area contributed by atoms with E-state index in [0.29, 0.717) is 11.1 Å². The summed E-state index contributed by atoms with van der Waals surface area (Å²) in [5.74, 6) is -0.463. The zero-order valence-electron chi connectivity index (χ0n) is 8.53. The van der Waals surface area contributed by atoms with E-state index in [0.717, 1.165) is 0 Å². The third-order valence-electron chi connectivity index (χ3n) is 1.96. The first-order valence-corrected chi connectivity index (χ1v) is 5.44. The number of rotatable bonds is 6. The van der Waals surface area contributed by atoms with Gasteiger partial charge >= 0.3 is 0 Å². The Morgan fingerprint density at radius 1 is 1.62 bits per heavy atom. The second kappa shape index (κ2) is 6.50. The van der Waals surface area contributed by atoms with E-state index in [9.17, 15) is 9.30 Å². The van der Waals surface area contributed by atoms with E-state index in [4.69, 9.17) is 4.74 Å². The highest BCUT2D eigenvalue weighted by Gasteiger charge is 2.16. The Labute approximate surface area is 101 Å². The third kappa shape index (κ3) is 3.50. The average molecular weight is 288 g/mol. The van der Waals surface area contributed by atoms with Gasteiger partial charge in [0, 0.05) is 10.0 Å². The Balaban J connectivity index is 2.81. The van der Waals surface area contributed by atoms with E-state index in [1.54, 1.807) is 12.1 Å². The summed E-state index contributed by atoms with van der Waals surface area (Å²) in [7, 11) is 0. The van der Waals surface area contributed by atoms with Crippen LogP contribution in [-0.4, -0.2) is 13.2 Å². The monoisotopic (exact) mass is 287 g/mol. The minimum Gasteiger partial charge on any atom is -0.375 e. The molecule has 86 valence electrons. The SMILES string of the molecule is C=CCOCC(N=O)c1cc(Br)ccc1F. The highest BCUT2D eigenvalue weighted by atomic mass is 79.9. The van der Waals surface area contributed by atoms with Crippen LogP contribution >= 0.6 is 15.9 Å². The van der Waals surface area contributed by atoms with Crippen LogP contribution in [0.4, 0.5) is 4.39 Å². The average Bonchev–Trinajstić information content (AvgIpc) is 2.28. The number of nitroso groups, excluding NO2 is 1. The lowest BCUT2D eigenvalue weighted by molar-refractivity contribution is 0.146. The second-order valence-electron chi connectivity index (χ2n) is 3.11. The Kier molecular flexibility index (Phi) is 5.28. The Hall–Kier alpha value is -1.07. The van der Waals surface area contributed by atoms with Crippen LogP contribution < -0.4 is 0 Å². The maximum Gasteiger partial charge on any atom is 0.143 e. The molecule has 1 rings (SSSR count). The van der Waals surface area contributed by atoms with E-state index >= 15 is 0 Å². The van der Waals surface area contributed by atoms with Crippen LogP contribution in [0.15, 0.2) is 40.5 Å². The molecule has 5 heteroatoms. The summed E-state index contributed by atoms with van der Waals surface area (Å²) < 4.78 is 19.2. The summed E-state index contributed by atoms with van der Waals surface area (Å²) in [6, 6.07) is 3.53. The molecule has 0 fully saturated rings. The lowest BCUT2D eigenvalue weighted by Gasteiger charge is -2.10. The highest BCUT2D eigenvalue weighted by molar-refractivity contribution is 9.10. The van der Waals surface area contributed by atoms with Crippen LogP contribution in [0.5, 0.6) is 0 Å². The molecule has 0 saturated heterocycles. The van der Waals surface area contributed by atoms with Crippen molar-refractivity contribution in [3.8, 4) is 0 Å². The van der Waals surface area contributed by atoms with Crippen LogP contribution in [0.2, 0.25) is 0 Å². The van der Waals surface area contributed by atoms with Gasteiger partial charge in [-0.15, -0.1) is 6.58 Å². The summed E-state index contributed by atoms with van der Waals surface area (Å²) in [4.78, 5) is 10.6. The molecule has 0 aliphatic carbocycles. The molecule has 1 aromatic carbocycles. The molecule has 3 nitrogen and oxygen atoms in total. The van der Waals surface area contributed by atoms with Crippen molar-refractivity contribution in [3.05, 3.63) is 51.6 Å². The molecule has 0 bridgehead atoms. The van der Waals surface area contributed by atoms with Gasteiger partial charge in [0.15, 0.2) is 0 Å². The fraction of sp³-hybridized carbons (Fsp3) is 0.273. The maximum atomic E-state index is 13.4. The number of benzene rings is 1. The second-order valence-corrected chi connectivity index (χ2v) is 4.03. The summed E-state index contributed by atoms with van der Waals surface area (Å²) in [5, 5.41) is 2.86. The molecule has 0 saturated carbocycles. The zero-order chi connectivity index (χ0) is 12.0. The van der Waals surface area contributed by atoms with Crippen LogP contribution in [-0.2, 0) is 4.74 Å². The van der Waals surface area contributed by atoms with Crippen molar-refractivity contribution in [1.29, 1.82) is 0 Å². The molecule has 16 heavy (non-hydrogen) atoms. The Bertz CT molecular complexity index is 384. The molecule has 1 atom stereocenters. The van der Waals surface area contributed by atoms with Crippen LogP contribution in [0.1, 0.15) is 11.6 Å². The van der Waals surface area contributed by atoms with Gasteiger partial charge in [-0.2, -0.15) is 4.91 Å². The van der Waals surface area contributed by atoms with E-state index in [-0.39, 0.29) is 12.2 Å². The molecule has 0 radical (unpaired) electrons. The fourth-order valence-electron chi connectivity index (χ4n) is 1.21. The molecule has 0 amide bonds. The van der Waals surface area contributed by atoms with E-state index in [2.05, 4.69) is 27.7 Å². The van der Waals surface area contributed by atoms with Crippen molar-refractivity contribution in [2.45, 2.75) is 6.04 Å². The van der Waals surface area contributed by atoms with Gasteiger partial charge in [0.25, 0.3) is 0 Å². The van der Waals surface area contributed by atoms with Gasteiger partial charge in [0.1, 0.15) is 11.9 Å². The molecular formula is C11H11BrFNO2. The fourth-order valence-corrected chi connectivity index (χ4v) is 1.59. The number of hydrogen-bond acceptors (Lipinski definition) is 3. The first-order chi connectivity index (χ1) is 7.69. The normalized spacial score (nSPS) is 12.1. The number of ether oxygens (including phenoxy) is 1. The van der Waals surface area contributed by atoms with Crippen molar-refractivity contribution in [2.24, 2.45) is 5.18 Å². The molecule has 0 aliphatic rings. The topological polar surface area (TPSA) is 38.7 Å². The third-order valence-corrected chi connectivity index (χ3v) is 2.45. The highest BCUT2D eigenvalue weighted by Crippen LogP contribution is 2.24. The molecule has 0 heterocycles. The van der Waals surface area contributed by atoms with Crippen molar-refractivity contribution in [2.75, 3.05) is 13.2 Å². The Morgan fingerprint density at radius 3 is 3.00 bits per heavy atom. The van der Waals surface area contributed by atoms with Crippen molar-refractivity contribution in [3.63, 3.8) is 0 Å². The lowest BCUT2D eigenvalue weighted by atomic mass is 10.1. The van der Waals surface area contributed by atoms with Gasteiger partial charge in [-0.05, 0) is 18.2 Å². The van der Waals surface area contributed by atoms with Gasteiger partial charge in [0.2, 0.25) is 0 Å². The lowest BCUT2D eigenvalue weighted by Crippen LogP contribution is -2.07. The van der Waals surface area contributed by atoms with Crippen LogP contribution in [0, 0.1) is 10.7 Å². The number of hydrogen-bond donors (Lipinski definition) is 0. The maximum absolute atomic E-state index is 13.4. The van der Waals surface area contributed by atoms with Gasteiger partial charge < -0.3 is 4.74 Å². The molecule has 1 unspecified atom stereocenters. The molecule has 0 spiro atoms. The number of halogens is 2. The van der Waals surface area contributed by atoms with Crippen molar-refractivity contribution in [1.82, 2.24) is 0 Å². The molecule has 0 aliphatic heterocycles. The van der Waals surface area contributed by atoms with Gasteiger partial charge in [0.05, 0.1) is 13.2 Å². The predicted octanol–water partition coefficient (Wildman–Crippen LogP) is 3.60. The number of nitrogens with zero attached hydrogens (tertiary/aromatic N) is 1. The smallest absolute Gasteiger partial charge is 0.143 e. The quantitative estimate of drug-likeness (QED) is 0.456. The summed E-state index contributed by atoms with van der Waals surface area (Å²) >= 11 is 3.21. The molecule has 0 aromatic heterocycles. The van der Waals surface area contributed by atoms with Gasteiger partial charge in [-0.25, -0.2) is 4.39 Å². The van der Waals surface area contributed by atoms with Gasteiger partial charge in [-0.3, -0.25) is 0 Å². The predicted molar refractivity (Wildman–Crippen MR) is 63.7 cm³/mol. The molecular weight excluding hydrogens is 277 g/mol. The first kappa shape index (κ1) is 13.0. The summed E-state index contributed by atoms with van der Waals surface area (Å²) in [5.41, 5.74) is 0.230. The Morgan fingerprint density at radius 2 is 2.38 bits per heavy atom. The minimum atomic E-state index is -0.836.